The Labute approximate surface area is 353 Å². The third-order valence-corrected chi connectivity index (χ3v) is 12.1. The van der Waals surface area contributed by atoms with E-state index in [-0.39, 0.29) is 0 Å². The summed E-state index contributed by atoms with van der Waals surface area (Å²) in [6, 6.07) is 82.9. The lowest BCUT2D eigenvalue weighted by molar-refractivity contribution is 0.669. The molecule has 0 spiro atoms. The second kappa shape index (κ2) is 14.3. The average molecular weight is 779 g/mol. The number of anilines is 3. The lowest BCUT2D eigenvalue weighted by Crippen LogP contribution is -2.10. The molecule has 12 rings (SSSR count). The molecule has 12 aromatic rings. The summed E-state index contributed by atoms with van der Waals surface area (Å²) in [6.07, 6.45) is 0. The third-order valence-electron chi connectivity index (χ3n) is 12.1. The first-order chi connectivity index (χ1) is 30.2. The van der Waals surface area contributed by atoms with Crippen LogP contribution in [0.25, 0.3) is 93.6 Å². The molecule has 10 aromatic carbocycles. The van der Waals surface area contributed by atoms with E-state index in [0.717, 1.165) is 66.7 Å². The highest BCUT2D eigenvalue weighted by Gasteiger charge is 2.24. The van der Waals surface area contributed by atoms with Gasteiger partial charge < -0.3 is 13.9 Å². The van der Waals surface area contributed by atoms with E-state index >= 15 is 0 Å². The highest BCUT2D eigenvalue weighted by Crippen LogP contribution is 2.48. The number of aromatic nitrogens is 1. The molecule has 0 saturated carbocycles. The van der Waals surface area contributed by atoms with Crippen molar-refractivity contribution < 1.29 is 4.42 Å². The lowest BCUT2D eigenvalue weighted by Gasteiger charge is -2.26. The van der Waals surface area contributed by atoms with Crippen molar-refractivity contribution in [2.24, 2.45) is 0 Å². The van der Waals surface area contributed by atoms with E-state index < -0.39 is 0 Å². The summed E-state index contributed by atoms with van der Waals surface area (Å²) in [6.45, 7) is 0. The maximum absolute atomic E-state index is 6.73. The van der Waals surface area contributed by atoms with E-state index in [0.29, 0.717) is 0 Å². The second-order valence-corrected chi connectivity index (χ2v) is 15.7. The molecular weight excluding hydrogens is 741 g/mol. The first-order valence-corrected chi connectivity index (χ1v) is 20.8. The lowest BCUT2D eigenvalue weighted by atomic mass is 9.94. The minimum Gasteiger partial charge on any atom is -0.456 e. The van der Waals surface area contributed by atoms with Crippen LogP contribution in [0.3, 0.4) is 0 Å². The Morgan fingerprint density at radius 1 is 0.328 bits per heavy atom. The topological polar surface area (TPSA) is 21.3 Å². The van der Waals surface area contributed by atoms with Crippen molar-refractivity contribution in [3.8, 4) is 39.1 Å². The van der Waals surface area contributed by atoms with Crippen LogP contribution in [0.1, 0.15) is 0 Å². The smallest absolute Gasteiger partial charge is 0.138 e. The molecule has 0 aliphatic rings. The highest BCUT2D eigenvalue weighted by atomic mass is 16.3. The van der Waals surface area contributed by atoms with E-state index in [1.807, 2.05) is 0 Å². The Balaban J connectivity index is 1.17. The molecule has 2 heterocycles. The number of hydrogen-bond donors (Lipinski definition) is 0. The quantitative estimate of drug-likeness (QED) is 0.161. The number of rotatable bonds is 7. The van der Waals surface area contributed by atoms with Gasteiger partial charge in [0.15, 0.2) is 0 Å². The number of furan rings is 1. The van der Waals surface area contributed by atoms with Gasteiger partial charge >= 0.3 is 0 Å². The van der Waals surface area contributed by atoms with Gasteiger partial charge in [0.05, 0.1) is 11.0 Å². The van der Waals surface area contributed by atoms with Crippen LogP contribution in [0.5, 0.6) is 0 Å². The fourth-order valence-electron chi connectivity index (χ4n) is 9.33. The van der Waals surface area contributed by atoms with E-state index in [1.165, 1.54) is 44.0 Å². The summed E-state index contributed by atoms with van der Waals surface area (Å²) in [5.74, 6) is 0. The van der Waals surface area contributed by atoms with Crippen molar-refractivity contribution in [3.63, 3.8) is 0 Å². The Hall–Kier alpha value is -8.14. The Morgan fingerprint density at radius 2 is 0.934 bits per heavy atom. The molecule has 61 heavy (non-hydrogen) atoms. The maximum atomic E-state index is 6.73. The van der Waals surface area contributed by atoms with Gasteiger partial charge in [-0.25, -0.2) is 0 Å². The monoisotopic (exact) mass is 778 g/mol. The van der Waals surface area contributed by atoms with Crippen molar-refractivity contribution in [2.75, 3.05) is 4.90 Å². The number of hydrogen-bond acceptors (Lipinski definition) is 2. The molecule has 0 amide bonds. The van der Waals surface area contributed by atoms with E-state index in [4.69, 9.17) is 4.42 Å². The van der Waals surface area contributed by atoms with Crippen LogP contribution in [0.4, 0.5) is 17.1 Å². The first kappa shape index (κ1) is 34.9. The van der Waals surface area contributed by atoms with Crippen LogP contribution in [0, 0.1) is 0 Å². The summed E-state index contributed by atoms with van der Waals surface area (Å²) in [5, 5.41) is 7.00. The van der Waals surface area contributed by atoms with Gasteiger partial charge in [-0.2, -0.15) is 0 Å². The van der Waals surface area contributed by atoms with Gasteiger partial charge in [0.2, 0.25) is 0 Å². The number of fused-ring (bicyclic) bond motifs is 7. The van der Waals surface area contributed by atoms with Crippen LogP contribution in [-0.2, 0) is 0 Å². The molecule has 3 nitrogen and oxygen atoms in total. The van der Waals surface area contributed by atoms with E-state index in [2.05, 4.69) is 240 Å². The predicted octanol–water partition coefficient (Wildman–Crippen LogP) is 16.3. The molecule has 0 saturated heterocycles. The van der Waals surface area contributed by atoms with Gasteiger partial charge in [-0.3, -0.25) is 0 Å². The molecule has 0 radical (unpaired) electrons. The SMILES string of the molecule is c1ccc(-c2ccc(N(c3cccc(-c4ccccc4)c3)c3ccc4c(c3)c3c(-c5ccccc5)c5c(cc3n4-c3ccc4ccccc4c3)oc3ccccc35)cc2)cc1. The van der Waals surface area contributed by atoms with Gasteiger partial charge in [0.25, 0.3) is 0 Å². The van der Waals surface area contributed by atoms with Gasteiger partial charge in [0, 0.05) is 55.9 Å². The number of para-hydroxylation sites is 1. The molecule has 2 aromatic heterocycles. The summed E-state index contributed by atoms with van der Waals surface area (Å²) < 4.78 is 9.15. The molecule has 0 aliphatic carbocycles. The Kier molecular flexibility index (Phi) is 8.17. The molecule has 0 atom stereocenters. The molecule has 286 valence electrons. The zero-order chi connectivity index (χ0) is 40.3. The molecule has 0 N–H and O–H groups in total. The summed E-state index contributed by atoms with van der Waals surface area (Å²) in [7, 11) is 0. The van der Waals surface area contributed by atoms with Crippen molar-refractivity contribution in [3.05, 3.63) is 231 Å². The molecule has 3 heteroatoms. The van der Waals surface area contributed by atoms with Gasteiger partial charge in [-0.1, -0.05) is 164 Å². The Bertz CT molecular complexity index is 3570. The van der Waals surface area contributed by atoms with Crippen molar-refractivity contribution in [1.29, 1.82) is 0 Å². The van der Waals surface area contributed by atoms with Crippen molar-refractivity contribution >= 4 is 71.6 Å². The molecule has 0 fully saturated rings. The largest absolute Gasteiger partial charge is 0.456 e. The van der Waals surface area contributed by atoms with Crippen molar-refractivity contribution in [2.45, 2.75) is 0 Å². The van der Waals surface area contributed by atoms with Crippen LogP contribution >= 0.6 is 0 Å². The molecule has 0 unspecified atom stereocenters. The zero-order valence-electron chi connectivity index (χ0n) is 33.2. The third kappa shape index (κ3) is 5.90. The number of nitrogens with zero attached hydrogens (tertiary/aromatic N) is 2. The molecule has 0 bridgehead atoms. The van der Waals surface area contributed by atoms with Gasteiger partial charge in [-0.15, -0.1) is 0 Å². The fraction of sp³-hybridized carbons (Fsp3) is 0. The first-order valence-electron chi connectivity index (χ1n) is 20.8. The minimum absolute atomic E-state index is 0.871. The standard InChI is InChI=1S/C58H38N2O/c1-4-15-39(16-5-1)42-27-30-46(31-28-42)59(47-24-14-23-45(35-47)40-17-6-2-7-18-40)49-33-34-52-51(37-49)57-53(60(52)48-32-29-41-19-10-11-22-44(41)36-48)38-55-58(50-25-12-13-26-54(50)61-55)56(57)43-20-8-3-9-21-43/h1-38H. The Morgan fingerprint density at radius 3 is 1.70 bits per heavy atom. The highest BCUT2D eigenvalue weighted by molar-refractivity contribution is 6.27. The van der Waals surface area contributed by atoms with Crippen LogP contribution in [-0.4, -0.2) is 4.57 Å². The molecule has 0 aliphatic heterocycles. The van der Waals surface area contributed by atoms with E-state index in [1.54, 1.807) is 0 Å². The predicted molar refractivity (Wildman–Crippen MR) is 257 cm³/mol. The van der Waals surface area contributed by atoms with Crippen LogP contribution < -0.4 is 4.90 Å². The minimum atomic E-state index is 0.871. The van der Waals surface area contributed by atoms with Crippen LogP contribution in [0.2, 0.25) is 0 Å². The second-order valence-electron chi connectivity index (χ2n) is 15.7. The fourth-order valence-corrected chi connectivity index (χ4v) is 9.33. The van der Waals surface area contributed by atoms with Crippen molar-refractivity contribution in [1.82, 2.24) is 4.57 Å². The summed E-state index contributed by atoms with van der Waals surface area (Å²) in [5.41, 5.74) is 15.3. The van der Waals surface area contributed by atoms with E-state index in [9.17, 15) is 0 Å². The molecular formula is C58H38N2O. The summed E-state index contributed by atoms with van der Waals surface area (Å²) >= 11 is 0. The van der Waals surface area contributed by atoms with Gasteiger partial charge in [-0.05, 0) is 99.3 Å². The number of benzene rings is 10. The van der Waals surface area contributed by atoms with Crippen LogP contribution in [0.15, 0.2) is 235 Å². The van der Waals surface area contributed by atoms with Gasteiger partial charge in [0.1, 0.15) is 11.2 Å². The zero-order valence-corrected chi connectivity index (χ0v) is 33.2. The average Bonchev–Trinajstić information content (AvgIpc) is 3.87. The summed E-state index contributed by atoms with van der Waals surface area (Å²) in [4.78, 5) is 2.40. The normalized spacial score (nSPS) is 11.6. The maximum Gasteiger partial charge on any atom is 0.138 e.